The lowest BCUT2D eigenvalue weighted by molar-refractivity contribution is 0.0600. The number of esters is 1. The van der Waals surface area contributed by atoms with Crippen LogP contribution in [-0.4, -0.2) is 24.0 Å². The Morgan fingerprint density at radius 3 is 2.22 bits per heavy atom. The zero-order valence-electron chi connectivity index (χ0n) is 14.7. The molecule has 2 N–H and O–H groups in total. The number of benzene rings is 2. The first-order valence-electron chi connectivity index (χ1n) is 8.17. The fraction of sp³-hybridized carbons (Fsp3) is 0.150. The average Bonchev–Trinajstić information content (AvgIpc) is 2.67. The number of rotatable bonds is 4. The number of hydrogen-bond acceptors (Lipinski definition) is 4. The second-order valence-corrected chi connectivity index (χ2v) is 6.86. The van der Waals surface area contributed by atoms with E-state index < -0.39 is 12.0 Å². The van der Waals surface area contributed by atoms with Gasteiger partial charge in [0.15, 0.2) is 10.9 Å². The lowest BCUT2D eigenvalue weighted by Crippen LogP contribution is -2.44. The van der Waals surface area contributed by atoms with Crippen molar-refractivity contribution in [2.75, 3.05) is 7.11 Å². The maximum Gasteiger partial charge on any atom is 0.337 e. The van der Waals surface area contributed by atoms with Gasteiger partial charge in [-0.05, 0) is 61.1 Å². The number of carbonyl (C=O) groups is 2. The molecule has 0 aliphatic carbocycles. The van der Waals surface area contributed by atoms with E-state index in [0.717, 1.165) is 5.56 Å². The molecule has 5 nitrogen and oxygen atoms in total. The maximum absolute atomic E-state index is 13.1. The van der Waals surface area contributed by atoms with Crippen molar-refractivity contribution >= 4 is 40.7 Å². The molecule has 0 aromatic heterocycles. The molecule has 138 valence electrons. The van der Waals surface area contributed by atoms with Crippen molar-refractivity contribution < 1.29 is 14.3 Å². The van der Waals surface area contributed by atoms with Gasteiger partial charge in [-0.15, -0.1) is 0 Å². The predicted octanol–water partition coefficient (Wildman–Crippen LogP) is 3.80. The lowest BCUT2D eigenvalue weighted by Gasteiger charge is -2.30. The van der Waals surface area contributed by atoms with Crippen LogP contribution >= 0.6 is 23.8 Å². The van der Waals surface area contributed by atoms with Crippen LogP contribution in [-0.2, 0) is 4.74 Å². The van der Waals surface area contributed by atoms with Crippen LogP contribution in [0.25, 0.3) is 0 Å². The second-order valence-electron chi connectivity index (χ2n) is 6.02. The molecule has 0 saturated heterocycles. The van der Waals surface area contributed by atoms with Gasteiger partial charge in [0.2, 0.25) is 0 Å². The molecule has 0 spiro atoms. The van der Waals surface area contributed by atoms with E-state index in [9.17, 15) is 9.59 Å². The monoisotopic (exact) mass is 400 g/mol. The molecule has 7 heteroatoms. The standard InChI is InChI=1S/C20H17ClN2O3S/c1-11-16(18(24)13-7-9-15(21)10-8-13)17(23-20(27)22-11)12-3-5-14(6-4-12)19(25)26-2/h3-10,17H,1-2H3,(H2,22,23,27). The molecule has 1 unspecified atom stereocenters. The van der Waals surface area contributed by atoms with E-state index in [-0.39, 0.29) is 5.78 Å². The highest BCUT2D eigenvalue weighted by atomic mass is 35.5. The van der Waals surface area contributed by atoms with Crippen molar-refractivity contribution in [1.82, 2.24) is 10.6 Å². The number of halogens is 1. The lowest BCUT2D eigenvalue weighted by atomic mass is 9.89. The van der Waals surface area contributed by atoms with E-state index >= 15 is 0 Å². The van der Waals surface area contributed by atoms with Gasteiger partial charge < -0.3 is 15.4 Å². The maximum atomic E-state index is 13.1. The smallest absolute Gasteiger partial charge is 0.337 e. The average molecular weight is 401 g/mol. The summed E-state index contributed by atoms with van der Waals surface area (Å²) in [5.74, 6) is -0.548. The molecule has 2 aromatic rings. The summed E-state index contributed by atoms with van der Waals surface area (Å²) < 4.78 is 4.72. The summed E-state index contributed by atoms with van der Waals surface area (Å²) in [4.78, 5) is 24.8. The molecule has 0 fully saturated rings. The summed E-state index contributed by atoms with van der Waals surface area (Å²) in [7, 11) is 1.33. The number of hydrogen-bond donors (Lipinski definition) is 2. The van der Waals surface area contributed by atoms with Crippen molar-refractivity contribution in [2.45, 2.75) is 13.0 Å². The van der Waals surface area contributed by atoms with Gasteiger partial charge in [-0.25, -0.2) is 4.79 Å². The predicted molar refractivity (Wildman–Crippen MR) is 108 cm³/mol. The summed E-state index contributed by atoms with van der Waals surface area (Å²) in [6, 6.07) is 13.2. The topological polar surface area (TPSA) is 67.4 Å². The Kier molecular flexibility index (Phi) is 5.58. The number of ketones is 1. The summed E-state index contributed by atoms with van der Waals surface area (Å²) >= 11 is 11.2. The van der Waals surface area contributed by atoms with Crippen molar-refractivity contribution in [2.24, 2.45) is 0 Å². The minimum Gasteiger partial charge on any atom is -0.465 e. The number of carbonyl (C=O) groups excluding carboxylic acids is 2. The Balaban J connectivity index is 2.00. The number of Topliss-reactive ketones (excluding diaryl/α,β-unsaturated/α-hetero) is 1. The molecule has 1 heterocycles. The summed E-state index contributed by atoms with van der Waals surface area (Å²) in [5, 5.41) is 7.14. The Bertz CT molecular complexity index is 937. The van der Waals surface area contributed by atoms with Gasteiger partial charge in [0, 0.05) is 21.9 Å². The van der Waals surface area contributed by atoms with Crippen LogP contribution in [0.1, 0.15) is 39.2 Å². The van der Waals surface area contributed by atoms with Gasteiger partial charge in [0.25, 0.3) is 0 Å². The van der Waals surface area contributed by atoms with Crippen molar-refractivity contribution in [3.05, 3.63) is 81.5 Å². The third-order valence-corrected chi connectivity index (χ3v) is 4.76. The van der Waals surface area contributed by atoms with Crippen molar-refractivity contribution in [3.63, 3.8) is 0 Å². The van der Waals surface area contributed by atoms with Crippen molar-refractivity contribution in [1.29, 1.82) is 0 Å². The van der Waals surface area contributed by atoms with E-state index in [2.05, 4.69) is 10.6 Å². The molecule has 0 radical (unpaired) electrons. The van der Waals surface area contributed by atoms with Crippen molar-refractivity contribution in [3.8, 4) is 0 Å². The third-order valence-electron chi connectivity index (χ3n) is 4.29. The Morgan fingerprint density at radius 1 is 1.04 bits per heavy atom. The van der Waals surface area contributed by atoms with Gasteiger partial charge >= 0.3 is 5.97 Å². The molecule has 1 aliphatic rings. The Morgan fingerprint density at radius 2 is 1.63 bits per heavy atom. The van der Waals surface area contributed by atoms with Crippen LogP contribution in [0.15, 0.2) is 59.8 Å². The first-order chi connectivity index (χ1) is 12.9. The first kappa shape index (κ1) is 19.1. The summed E-state index contributed by atoms with van der Waals surface area (Å²) in [6.07, 6.45) is 0. The van der Waals surface area contributed by atoms with Crippen LogP contribution in [0.4, 0.5) is 0 Å². The highest BCUT2D eigenvalue weighted by Crippen LogP contribution is 2.30. The molecule has 0 saturated carbocycles. The number of ether oxygens (including phenoxy) is 1. The molecule has 0 amide bonds. The molecule has 2 aromatic carbocycles. The third kappa shape index (κ3) is 4.02. The zero-order valence-corrected chi connectivity index (χ0v) is 16.3. The number of thiocarbonyl (C=S) groups is 1. The number of allylic oxidation sites excluding steroid dienone is 1. The van der Waals surface area contributed by atoms with E-state index in [4.69, 9.17) is 28.6 Å². The van der Waals surface area contributed by atoms with Crippen LogP contribution < -0.4 is 10.6 Å². The second kappa shape index (κ2) is 7.90. The first-order valence-corrected chi connectivity index (χ1v) is 8.96. The minimum atomic E-state index is -0.436. The van der Waals surface area contributed by atoms with Crippen LogP contribution in [0.5, 0.6) is 0 Å². The van der Waals surface area contributed by atoms with Crippen LogP contribution in [0.3, 0.4) is 0 Å². The fourth-order valence-corrected chi connectivity index (χ4v) is 3.33. The van der Waals surface area contributed by atoms with Crippen LogP contribution in [0, 0.1) is 0 Å². The van der Waals surface area contributed by atoms with Gasteiger partial charge in [0.05, 0.1) is 18.7 Å². The van der Waals surface area contributed by atoms with E-state index in [1.807, 2.05) is 6.92 Å². The summed E-state index contributed by atoms with van der Waals surface area (Å²) in [5.41, 5.74) is 3.01. The molecule has 3 rings (SSSR count). The zero-order chi connectivity index (χ0) is 19.6. The van der Waals surface area contributed by atoms with E-state index in [1.165, 1.54) is 7.11 Å². The highest BCUT2D eigenvalue weighted by Gasteiger charge is 2.30. The van der Waals surface area contributed by atoms with Crippen LogP contribution in [0.2, 0.25) is 5.02 Å². The number of nitrogens with one attached hydrogen (secondary N) is 2. The van der Waals surface area contributed by atoms with Gasteiger partial charge in [-0.1, -0.05) is 23.7 Å². The van der Waals surface area contributed by atoms with E-state index in [1.54, 1.807) is 48.5 Å². The largest absolute Gasteiger partial charge is 0.465 e. The Hall–Kier alpha value is -2.70. The normalized spacial score (nSPS) is 16.4. The van der Waals surface area contributed by atoms with Gasteiger partial charge in [-0.2, -0.15) is 0 Å². The SMILES string of the molecule is COC(=O)c1ccc(C2NC(=S)NC(C)=C2C(=O)c2ccc(Cl)cc2)cc1. The quantitative estimate of drug-likeness (QED) is 0.462. The fourth-order valence-electron chi connectivity index (χ4n) is 2.93. The molecule has 1 aliphatic heterocycles. The molecule has 1 atom stereocenters. The summed E-state index contributed by atoms with van der Waals surface area (Å²) in [6.45, 7) is 1.81. The minimum absolute atomic E-state index is 0.131. The molecule has 0 bridgehead atoms. The molecular formula is C20H17ClN2O3S. The van der Waals surface area contributed by atoms with Gasteiger partial charge in [-0.3, -0.25) is 4.79 Å². The van der Waals surface area contributed by atoms with Gasteiger partial charge in [0.1, 0.15) is 0 Å². The Labute approximate surface area is 167 Å². The van der Waals surface area contributed by atoms with E-state index in [0.29, 0.717) is 32.5 Å². The molecular weight excluding hydrogens is 384 g/mol. The number of methoxy groups -OCH3 is 1. The molecule has 27 heavy (non-hydrogen) atoms. The highest BCUT2D eigenvalue weighted by molar-refractivity contribution is 7.80.